The largest absolute Gasteiger partial charge is 0.495 e. The number of anilines is 1. The summed E-state index contributed by atoms with van der Waals surface area (Å²) in [6, 6.07) is 6.52. The molecular weight excluding hydrogens is 210 g/mol. The van der Waals surface area contributed by atoms with E-state index < -0.39 is 0 Å². The van der Waals surface area contributed by atoms with Gasteiger partial charge in [-0.15, -0.1) is 0 Å². The third-order valence-corrected chi connectivity index (χ3v) is 3.30. The van der Waals surface area contributed by atoms with Crippen molar-refractivity contribution < 1.29 is 4.74 Å². The Morgan fingerprint density at radius 2 is 2.06 bits per heavy atom. The summed E-state index contributed by atoms with van der Waals surface area (Å²) >= 11 is 0. The van der Waals surface area contributed by atoms with Crippen LogP contribution in [0.25, 0.3) is 0 Å². The third-order valence-electron chi connectivity index (χ3n) is 3.30. The van der Waals surface area contributed by atoms with Crippen molar-refractivity contribution in [1.29, 1.82) is 0 Å². The van der Waals surface area contributed by atoms with Gasteiger partial charge in [0.1, 0.15) is 5.75 Å². The zero-order valence-corrected chi connectivity index (χ0v) is 11.2. The van der Waals surface area contributed by atoms with Gasteiger partial charge >= 0.3 is 0 Å². The van der Waals surface area contributed by atoms with Crippen molar-refractivity contribution in [2.75, 3.05) is 18.6 Å². The summed E-state index contributed by atoms with van der Waals surface area (Å²) in [6.07, 6.45) is 3.36. The summed E-state index contributed by atoms with van der Waals surface area (Å²) in [5.74, 6) is 1.51. The first-order chi connectivity index (χ1) is 8.11. The molecule has 0 aromatic heterocycles. The van der Waals surface area contributed by atoms with E-state index in [1.165, 1.54) is 16.8 Å². The third kappa shape index (κ3) is 2.46. The number of hydrogen-bond donors (Lipinski definition) is 0. The molecule has 0 saturated heterocycles. The van der Waals surface area contributed by atoms with Crippen molar-refractivity contribution in [1.82, 2.24) is 0 Å². The first kappa shape index (κ1) is 12.0. The van der Waals surface area contributed by atoms with Gasteiger partial charge < -0.3 is 9.64 Å². The minimum Gasteiger partial charge on any atom is -0.495 e. The van der Waals surface area contributed by atoms with Crippen LogP contribution in [0.2, 0.25) is 0 Å². The van der Waals surface area contributed by atoms with Crippen molar-refractivity contribution in [2.24, 2.45) is 0 Å². The summed E-state index contributed by atoms with van der Waals surface area (Å²) < 4.78 is 5.51. The van der Waals surface area contributed by atoms with Crippen LogP contribution in [0.4, 0.5) is 5.69 Å². The SMILES string of the molecule is COc1cc(C(C)C)ccc1N1C=C(C)CC1. The lowest BCUT2D eigenvalue weighted by Crippen LogP contribution is -2.13. The number of rotatable bonds is 3. The molecule has 0 N–H and O–H groups in total. The van der Waals surface area contributed by atoms with Crippen molar-refractivity contribution in [3.63, 3.8) is 0 Å². The average Bonchev–Trinajstić information content (AvgIpc) is 2.74. The van der Waals surface area contributed by atoms with Gasteiger partial charge in [0.05, 0.1) is 12.8 Å². The lowest BCUT2D eigenvalue weighted by atomic mass is 10.0. The Hall–Kier alpha value is -1.44. The zero-order chi connectivity index (χ0) is 12.4. The highest BCUT2D eigenvalue weighted by molar-refractivity contribution is 5.63. The quantitative estimate of drug-likeness (QED) is 0.781. The molecule has 17 heavy (non-hydrogen) atoms. The predicted octanol–water partition coefficient (Wildman–Crippen LogP) is 3.93. The fourth-order valence-electron chi connectivity index (χ4n) is 2.17. The van der Waals surface area contributed by atoms with Gasteiger partial charge in [0.25, 0.3) is 0 Å². The zero-order valence-electron chi connectivity index (χ0n) is 11.2. The van der Waals surface area contributed by atoms with E-state index in [2.05, 4.69) is 50.1 Å². The van der Waals surface area contributed by atoms with Crippen molar-refractivity contribution in [3.8, 4) is 5.75 Å². The van der Waals surface area contributed by atoms with Gasteiger partial charge in [-0.25, -0.2) is 0 Å². The number of ether oxygens (including phenoxy) is 1. The van der Waals surface area contributed by atoms with Crippen molar-refractivity contribution in [3.05, 3.63) is 35.5 Å². The molecule has 1 aliphatic heterocycles. The Morgan fingerprint density at radius 1 is 1.29 bits per heavy atom. The van der Waals surface area contributed by atoms with Gasteiger partial charge in [-0.05, 0) is 37.0 Å². The molecule has 1 aromatic rings. The van der Waals surface area contributed by atoms with Crippen LogP contribution < -0.4 is 9.64 Å². The van der Waals surface area contributed by atoms with Crippen LogP contribution in [0.15, 0.2) is 30.0 Å². The molecule has 2 rings (SSSR count). The average molecular weight is 231 g/mol. The maximum Gasteiger partial charge on any atom is 0.142 e. The first-order valence-corrected chi connectivity index (χ1v) is 6.23. The van der Waals surface area contributed by atoms with Crippen molar-refractivity contribution >= 4 is 5.69 Å². The smallest absolute Gasteiger partial charge is 0.142 e. The maximum absolute atomic E-state index is 5.51. The van der Waals surface area contributed by atoms with Gasteiger partial charge in [-0.3, -0.25) is 0 Å². The lowest BCUT2D eigenvalue weighted by Gasteiger charge is -2.20. The Labute approximate surface area is 104 Å². The molecule has 0 fully saturated rings. The van der Waals surface area contributed by atoms with Crippen molar-refractivity contribution in [2.45, 2.75) is 33.1 Å². The van der Waals surface area contributed by atoms with E-state index in [1.807, 2.05) is 0 Å². The van der Waals surface area contributed by atoms with E-state index in [9.17, 15) is 0 Å². The van der Waals surface area contributed by atoms with Crippen LogP contribution in [-0.2, 0) is 0 Å². The van der Waals surface area contributed by atoms with E-state index >= 15 is 0 Å². The standard InChI is InChI=1S/C15H21NO/c1-11(2)13-5-6-14(15(9-13)17-4)16-8-7-12(3)10-16/h5-6,9-11H,7-8H2,1-4H3. The van der Waals surface area contributed by atoms with Crippen LogP contribution in [0.5, 0.6) is 5.75 Å². The molecule has 92 valence electrons. The Balaban J connectivity index is 2.34. The van der Waals surface area contributed by atoms with E-state index in [-0.39, 0.29) is 0 Å². The number of benzene rings is 1. The normalized spacial score (nSPS) is 15.4. The summed E-state index contributed by atoms with van der Waals surface area (Å²) in [5, 5.41) is 0. The number of methoxy groups -OCH3 is 1. The second kappa shape index (κ2) is 4.82. The molecule has 0 saturated carbocycles. The molecular formula is C15H21NO. The Morgan fingerprint density at radius 3 is 2.59 bits per heavy atom. The van der Waals surface area contributed by atoms with Crippen LogP contribution in [0.1, 0.15) is 38.7 Å². The first-order valence-electron chi connectivity index (χ1n) is 6.23. The van der Waals surface area contributed by atoms with Crippen LogP contribution in [0.3, 0.4) is 0 Å². The van der Waals surface area contributed by atoms with E-state index in [4.69, 9.17) is 4.74 Å². The minimum atomic E-state index is 0.536. The molecule has 0 unspecified atom stereocenters. The molecule has 1 aliphatic rings. The lowest BCUT2D eigenvalue weighted by molar-refractivity contribution is 0.414. The highest BCUT2D eigenvalue weighted by atomic mass is 16.5. The van der Waals surface area contributed by atoms with E-state index in [1.54, 1.807) is 7.11 Å². The maximum atomic E-state index is 5.51. The predicted molar refractivity (Wildman–Crippen MR) is 72.8 cm³/mol. The topological polar surface area (TPSA) is 12.5 Å². The minimum absolute atomic E-state index is 0.536. The van der Waals surface area contributed by atoms with Crippen LogP contribution in [-0.4, -0.2) is 13.7 Å². The number of hydrogen-bond acceptors (Lipinski definition) is 2. The van der Waals surface area contributed by atoms with E-state index in [0.717, 1.165) is 18.7 Å². The molecule has 1 heterocycles. The molecule has 2 nitrogen and oxygen atoms in total. The van der Waals surface area contributed by atoms with E-state index in [0.29, 0.717) is 5.92 Å². The highest BCUT2D eigenvalue weighted by Gasteiger charge is 2.16. The molecule has 0 radical (unpaired) electrons. The Kier molecular flexibility index (Phi) is 3.41. The van der Waals surface area contributed by atoms with Crippen LogP contribution >= 0.6 is 0 Å². The molecule has 0 amide bonds. The molecule has 0 bridgehead atoms. The summed E-state index contributed by atoms with van der Waals surface area (Å²) in [7, 11) is 1.75. The van der Waals surface area contributed by atoms with Gasteiger partial charge in [0.2, 0.25) is 0 Å². The molecule has 0 aliphatic carbocycles. The molecule has 0 spiro atoms. The second-order valence-corrected chi connectivity index (χ2v) is 5.00. The molecule has 1 aromatic carbocycles. The Bertz CT molecular complexity index is 435. The summed E-state index contributed by atoms with van der Waals surface area (Å²) in [5.41, 5.74) is 3.93. The molecule has 0 atom stereocenters. The van der Waals surface area contributed by atoms with Crippen LogP contribution in [0, 0.1) is 0 Å². The summed E-state index contributed by atoms with van der Waals surface area (Å²) in [4.78, 5) is 2.28. The fraction of sp³-hybridized carbons (Fsp3) is 0.467. The fourth-order valence-corrected chi connectivity index (χ4v) is 2.17. The van der Waals surface area contributed by atoms with Gasteiger partial charge in [-0.1, -0.05) is 25.5 Å². The van der Waals surface area contributed by atoms with Gasteiger partial charge in [-0.2, -0.15) is 0 Å². The molecule has 2 heteroatoms. The monoisotopic (exact) mass is 231 g/mol. The van der Waals surface area contributed by atoms with Gasteiger partial charge in [0.15, 0.2) is 0 Å². The number of nitrogens with zero attached hydrogens (tertiary/aromatic N) is 1. The summed E-state index contributed by atoms with van der Waals surface area (Å²) in [6.45, 7) is 7.64. The van der Waals surface area contributed by atoms with Gasteiger partial charge in [0, 0.05) is 12.7 Å². The second-order valence-electron chi connectivity index (χ2n) is 5.00. The highest BCUT2D eigenvalue weighted by Crippen LogP contribution is 2.34.